The number of hydrogen-bond acceptors (Lipinski definition) is 11. The van der Waals surface area contributed by atoms with E-state index in [1.165, 1.54) is 6.33 Å². The molecule has 0 aliphatic heterocycles. The molecule has 0 spiro atoms. The average molecular weight is 518 g/mol. The fourth-order valence-electron chi connectivity index (χ4n) is 2.69. The largest absolute Gasteiger partial charge is 0.585 e. The number of nitrogens with zero attached hydrogens (tertiary/aromatic N) is 5. The molecule has 0 bridgehead atoms. The van der Waals surface area contributed by atoms with Crippen molar-refractivity contribution in [3.05, 3.63) is 43.0 Å². The Morgan fingerprint density at radius 3 is 2.67 bits per heavy atom. The number of aromatic nitrogens is 4. The van der Waals surface area contributed by atoms with Gasteiger partial charge in [-0.3, -0.25) is 9.32 Å². The lowest BCUT2D eigenvalue weighted by Gasteiger charge is -2.13. The topological polar surface area (TPSA) is 193 Å². The number of nitrogens with two attached hydrogens (primary N) is 2. The van der Waals surface area contributed by atoms with Gasteiger partial charge in [0.15, 0.2) is 17.2 Å². The first kappa shape index (κ1) is 28.5. The number of nitrogen functional groups attached to an aromatic ring is 1. The van der Waals surface area contributed by atoms with Crippen LogP contribution in [-0.4, -0.2) is 63.7 Å². The molecule has 36 heavy (non-hydrogen) atoms. The van der Waals surface area contributed by atoms with E-state index >= 15 is 0 Å². The number of amides is 1. The van der Waals surface area contributed by atoms with Gasteiger partial charge in [0.05, 0.1) is 25.6 Å². The molecule has 2 aromatic heterocycles. The fraction of sp³-hybridized carbons (Fsp3) is 0.409. The maximum atomic E-state index is 11.8. The molecule has 1 amide bonds. The smallest absolute Gasteiger partial charge is 0.382 e. The van der Waals surface area contributed by atoms with Crippen LogP contribution in [-0.2, 0) is 25.4 Å². The fourth-order valence-corrected chi connectivity index (χ4v) is 3.38. The van der Waals surface area contributed by atoms with Crippen LogP contribution in [0.1, 0.15) is 13.8 Å². The molecule has 5 N–H and O–H groups in total. The normalized spacial score (nSPS) is 11.8. The highest BCUT2D eigenvalue weighted by Crippen LogP contribution is 2.26. The molecule has 2 heterocycles. The van der Waals surface area contributed by atoms with Gasteiger partial charge < -0.3 is 30.8 Å². The van der Waals surface area contributed by atoms with Crippen LogP contribution in [0, 0.1) is 11.3 Å². The molecule has 0 aliphatic carbocycles. The minimum atomic E-state index is -1.91. The Labute approximate surface area is 209 Å². The Morgan fingerprint density at radius 1 is 1.22 bits per heavy atom. The zero-order valence-electron chi connectivity index (χ0n) is 20.1. The zero-order chi connectivity index (χ0) is 26.3. The van der Waals surface area contributed by atoms with Gasteiger partial charge in [0, 0.05) is 12.6 Å². The van der Waals surface area contributed by atoms with E-state index in [2.05, 4.69) is 20.3 Å². The molecule has 2 unspecified atom stereocenters. The van der Waals surface area contributed by atoms with E-state index in [0.717, 1.165) is 0 Å². The summed E-state index contributed by atoms with van der Waals surface area (Å²) in [6.45, 7) is 4.60. The molecule has 0 saturated heterocycles. The summed E-state index contributed by atoms with van der Waals surface area (Å²) in [5.74, 6) is 0.645. The van der Waals surface area contributed by atoms with Gasteiger partial charge in [-0.15, -0.1) is 0 Å². The molecule has 0 saturated carbocycles. The maximum absolute atomic E-state index is 11.8. The van der Waals surface area contributed by atoms with E-state index in [0.29, 0.717) is 35.9 Å². The number of hydrogen-bond donors (Lipinski definition) is 3. The third-order valence-electron chi connectivity index (χ3n) is 4.28. The van der Waals surface area contributed by atoms with Crippen LogP contribution in [0.5, 0.6) is 5.75 Å². The summed E-state index contributed by atoms with van der Waals surface area (Å²) in [6.07, 6.45) is 3.04. The van der Waals surface area contributed by atoms with Crippen LogP contribution in [0.3, 0.4) is 0 Å². The predicted molar refractivity (Wildman–Crippen MR) is 133 cm³/mol. The third-order valence-corrected chi connectivity index (χ3v) is 5.09. The van der Waals surface area contributed by atoms with Gasteiger partial charge in [-0.1, -0.05) is 18.2 Å². The van der Waals surface area contributed by atoms with Gasteiger partial charge >= 0.3 is 8.03 Å². The Hall–Kier alpha value is -3.69. The lowest BCUT2D eigenvalue weighted by Crippen LogP contribution is -2.46. The molecule has 0 aliphatic rings. The van der Waals surface area contributed by atoms with Crippen molar-refractivity contribution in [3.8, 4) is 11.8 Å². The molecular weight excluding hydrogens is 487 g/mol. The number of nitrogens with one attached hydrogen (secondary N) is 1. The van der Waals surface area contributed by atoms with Crippen LogP contribution in [0.2, 0.25) is 0 Å². The van der Waals surface area contributed by atoms with E-state index in [1.807, 2.05) is 32.0 Å². The Bertz CT molecular complexity index is 1150. The predicted octanol–water partition coefficient (Wildman–Crippen LogP) is 1.58. The number of ether oxygens (including phenoxy) is 2. The van der Waals surface area contributed by atoms with Gasteiger partial charge in [0.2, 0.25) is 5.91 Å². The molecule has 2 atom stereocenters. The van der Waals surface area contributed by atoms with Crippen molar-refractivity contribution in [3.63, 3.8) is 0 Å². The van der Waals surface area contributed by atoms with Crippen LogP contribution < -0.4 is 21.3 Å². The monoisotopic (exact) mass is 517 g/mol. The quantitative estimate of drug-likeness (QED) is 0.233. The highest BCUT2D eigenvalue weighted by atomic mass is 31.1. The Balaban J connectivity index is 0.000000302. The lowest BCUT2D eigenvalue weighted by atomic mass is 10.3. The first-order valence-electron chi connectivity index (χ1n) is 11.0. The van der Waals surface area contributed by atoms with Crippen LogP contribution in [0.25, 0.3) is 11.2 Å². The van der Waals surface area contributed by atoms with E-state index < -0.39 is 14.1 Å². The molecule has 1 aromatic carbocycles. The minimum Gasteiger partial charge on any atom is -0.382 e. The SMILES string of the molecule is CC(C)NC(=O)C(N)COCC#N.Nc1ncnc2c1ncn2CCOC[P+](=O)Oc1ccccc1. The molecule has 192 valence electrons. The van der Waals surface area contributed by atoms with Gasteiger partial charge in [-0.05, 0) is 30.5 Å². The molecule has 3 aromatic rings. The van der Waals surface area contributed by atoms with Crippen molar-refractivity contribution < 1.29 is 23.4 Å². The maximum Gasteiger partial charge on any atom is 0.585 e. The molecule has 0 fully saturated rings. The van der Waals surface area contributed by atoms with E-state index in [9.17, 15) is 9.36 Å². The first-order valence-corrected chi connectivity index (χ1v) is 12.4. The number of imidazole rings is 1. The number of anilines is 1. The van der Waals surface area contributed by atoms with Crippen LogP contribution in [0.15, 0.2) is 43.0 Å². The molecule has 13 nitrogen and oxygen atoms in total. The van der Waals surface area contributed by atoms with Crippen molar-refractivity contribution in [2.75, 3.05) is 31.9 Å². The van der Waals surface area contributed by atoms with Crippen molar-refractivity contribution in [2.24, 2.45) is 5.73 Å². The van der Waals surface area contributed by atoms with Crippen molar-refractivity contribution >= 4 is 30.9 Å². The molecular formula is C22H30N8O5P+. The second-order valence-corrected chi connectivity index (χ2v) is 8.69. The van der Waals surface area contributed by atoms with E-state index in [-0.39, 0.29) is 31.5 Å². The second kappa shape index (κ2) is 15.3. The highest BCUT2D eigenvalue weighted by molar-refractivity contribution is 7.39. The Morgan fingerprint density at radius 2 is 1.97 bits per heavy atom. The number of nitriles is 1. The van der Waals surface area contributed by atoms with Gasteiger partial charge in [0.1, 0.15) is 24.5 Å². The van der Waals surface area contributed by atoms with Crippen LogP contribution >= 0.6 is 8.03 Å². The summed E-state index contributed by atoms with van der Waals surface area (Å²) in [5, 5.41) is 10.8. The molecule has 14 heteroatoms. The lowest BCUT2D eigenvalue weighted by molar-refractivity contribution is -0.124. The van der Waals surface area contributed by atoms with Crippen molar-refractivity contribution in [1.82, 2.24) is 24.8 Å². The van der Waals surface area contributed by atoms with E-state index in [1.54, 1.807) is 29.1 Å². The van der Waals surface area contributed by atoms with Crippen LogP contribution in [0.4, 0.5) is 5.82 Å². The minimum absolute atomic E-state index is 0.0218. The van der Waals surface area contributed by atoms with Crippen molar-refractivity contribution in [1.29, 1.82) is 5.26 Å². The second-order valence-electron chi connectivity index (χ2n) is 7.59. The highest BCUT2D eigenvalue weighted by Gasteiger charge is 2.19. The summed E-state index contributed by atoms with van der Waals surface area (Å²) in [6, 6.07) is 10.1. The molecule has 3 rings (SSSR count). The number of carbonyl (C=O) groups excluding carboxylic acids is 1. The summed E-state index contributed by atoms with van der Waals surface area (Å²) in [5.41, 5.74) is 12.4. The Kier molecular flexibility index (Phi) is 12.2. The number of para-hydroxylation sites is 1. The molecule has 0 radical (unpaired) electrons. The summed E-state index contributed by atoms with van der Waals surface area (Å²) in [7, 11) is -1.91. The number of carbonyl (C=O) groups is 1. The van der Waals surface area contributed by atoms with Gasteiger partial charge in [0.25, 0.3) is 6.35 Å². The van der Waals surface area contributed by atoms with E-state index in [4.69, 9.17) is 30.7 Å². The number of benzene rings is 1. The third kappa shape index (κ3) is 9.89. The number of rotatable bonds is 12. The van der Waals surface area contributed by atoms with Crippen molar-refractivity contribution in [2.45, 2.75) is 32.5 Å². The first-order chi connectivity index (χ1) is 17.3. The standard InChI is InChI=1S/C14H15N5O3P.C8H15N3O2/c15-13-12-14(17-8-16-13)19(9-18-12)6-7-21-10-23(20)22-11-4-2-1-3-5-11;1-6(2)11-8(12)7(10)5-13-4-3-9/h1-5,8-9H,6-7,10H2,(H2,15,16,17);6-7H,4-5,10H2,1-2H3,(H,11,12)/q+1;. The summed E-state index contributed by atoms with van der Waals surface area (Å²) < 4.78 is 29.0. The van der Waals surface area contributed by atoms with Gasteiger partial charge in [-0.25, -0.2) is 15.0 Å². The summed E-state index contributed by atoms with van der Waals surface area (Å²) in [4.78, 5) is 23.3. The average Bonchev–Trinajstić information content (AvgIpc) is 3.27. The number of fused-ring (bicyclic) bond motifs is 1. The zero-order valence-corrected chi connectivity index (χ0v) is 21.0. The van der Waals surface area contributed by atoms with Gasteiger partial charge in [-0.2, -0.15) is 5.26 Å². The summed E-state index contributed by atoms with van der Waals surface area (Å²) >= 11 is 0.